The van der Waals surface area contributed by atoms with Gasteiger partial charge in [-0.2, -0.15) is 0 Å². The van der Waals surface area contributed by atoms with Crippen molar-refractivity contribution in [2.24, 2.45) is 5.92 Å². The molecule has 0 amide bonds. The molecule has 0 saturated heterocycles. The minimum atomic E-state index is -4.64. The van der Waals surface area contributed by atoms with Crippen LogP contribution >= 0.6 is 7.82 Å². The van der Waals surface area contributed by atoms with Gasteiger partial charge in [0.15, 0.2) is 0 Å². The van der Waals surface area contributed by atoms with Crippen LogP contribution in [0.2, 0.25) is 0 Å². The number of hydrogen-bond donors (Lipinski definition) is 1. The molecule has 0 aliphatic carbocycles. The van der Waals surface area contributed by atoms with Crippen molar-refractivity contribution in [3.05, 3.63) is 151 Å². The molecule has 5 aromatic rings. The fourth-order valence-corrected chi connectivity index (χ4v) is 6.34. The number of para-hydroxylation sites is 1. The molecule has 0 spiro atoms. The number of rotatable bonds is 9. The Balaban J connectivity index is 1.79. The molecule has 5 heteroatoms. The van der Waals surface area contributed by atoms with E-state index in [0.717, 1.165) is 33.4 Å². The topological polar surface area (TPSA) is 55.8 Å². The summed E-state index contributed by atoms with van der Waals surface area (Å²) in [6.45, 7) is 4.01. The molecule has 0 bridgehead atoms. The largest absolute Gasteiger partial charge is 0.528 e. The van der Waals surface area contributed by atoms with Gasteiger partial charge in [0.2, 0.25) is 0 Å². The Morgan fingerprint density at radius 3 is 1.41 bits per heavy atom. The van der Waals surface area contributed by atoms with Gasteiger partial charge in [-0.05, 0) is 51.4 Å². The van der Waals surface area contributed by atoms with E-state index in [-0.39, 0.29) is 11.7 Å². The SMILES string of the molecule is CC(C)C(OP(=O)(O)Oc1ccccc1)(c1ccccc1-c1ccccc1)c1ccccc1-c1ccccc1. The Bertz CT molecular complexity index is 1480. The summed E-state index contributed by atoms with van der Waals surface area (Å²) in [5.41, 5.74) is 3.99. The lowest BCUT2D eigenvalue weighted by atomic mass is 9.73. The van der Waals surface area contributed by atoms with Crippen LogP contribution < -0.4 is 4.52 Å². The smallest absolute Gasteiger partial charge is 0.404 e. The van der Waals surface area contributed by atoms with Crippen LogP contribution in [0.1, 0.15) is 25.0 Å². The lowest BCUT2D eigenvalue weighted by Gasteiger charge is -2.41. The highest BCUT2D eigenvalue weighted by Gasteiger charge is 2.48. The number of hydrogen-bond acceptors (Lipinski definition) is 3. The Kier molecular flexibility index (Phi) is 7.81. The van der Waals surface area contributed by atoms with Crippen LogP contribution in [0.5, 0.6) is 5.75 Å². The molecular formula is C34H31O4P. The lowest BCUT2D eigenvalue weighted by molar-refractivity contribution is 0.0296. The summed E-state index contributed by atoms with van der Waals surface area (Å²) in [7, 11) is -4.64. The fourth-order valence-electron chi connectivity index (χ4n) is 5.14. The Morgan fingerprint density at radius 1 is 0.590 bits per heavy atom. The van der Waals surface area contributed by atoms with Gasteiger partial charge in [0.25, 0.3) is 0 Å². The third kappa shape index (κ3) is 5.60. The average Bonchev–Trinajstić information content (AvgIpc) is 2.97. The first-order valence-corrected chi connectivity index (χ1v) is 14.5. The first-order chi connectivity index (χ1) is 18.9. The van der Waals surface area contributed by atoms with Gasteiger partial charge in [0.1, 0.15) is 11.4 Å². The van der Waals surface area contributed by atoms with E-state index in [4.69, 9.17) is 9.05 Å². The second-order valence-electron chi connectivity index (χ2n) is 9.68. The highest BCUT2D eigenvalue weighted by Crippen LogP contribution is 2.57. The van der Waals surface area contributed by atoms with Crippen LogP contribution in [0.15, 0.2) is 140 Å². The van der Waals surface area contributed by atoms with Crippen molar-refractivity contribution in [3.63, 3.8) is 0 Å². The maximum atomic E-state index is 13.9. The van der Waals surface area contributed by atoms with Gasteiger partial charge in [0.05, 0.1) is 0 Å². The van der Waals surface area contributed by atoms with Crippen molar-refractivity contribution < 1.29 is 18.5 Å². The molecule has 0 fully saturated rings. The molecule has 1 unspecified atom stereocenters. The van der Waals surface area contributed by atoms with Crippen LogP contribution in [-0.4, -0.2) is 4.89 Å². The van der Waals surface area contributed by atoms with Crippen LogP contribution in [0.3, 0.4) is 0 Å². The molecule has 0 aromatic heterocycles. The molecule has 1 N–H and O–H groups in total. The predicted octanol–water partition coefficient (Wildman–Crippen LogP) is 9.12. The zero-order valence-electron chi connectivity index (χ0n) is 22.0. The van der Waals surface area contributed by atoms with E-state index in [2.05, 4.69) is 0 Å². The monoisotopic (exact) mass is 534 g/mol. The fraction of sp³-hybridized carbons (Fsp3) is 0.118. The van der Waals surface area contributed by atoms with Gasteiger partial charge in [-0.3, -0.25) is 9.42 Å². The predicted molar refractivity (Wildman–Crippen MR) is 157 cm³/mol. The van der Waals surface area contributed by atoms with E-state index >= 15 is 0 Å². The number of benzene rings is 5. The average molecular weight is 535 g/mol. The van der Waals surface area contributed by atoms with Crippen molar-refractivity contribution in [3.8, 4) is 28.0 Å². The minimum absolute atomic E-state index is 0.258. The molecular weight excluding hydrogens is 503 g/mol. The summed E-state index contributed by atoms with van der Waals surface area (Å²) in [4.78, 5) is 11.3. The Hall–Kier alpha value is -3.95. The normalized spacial score (nSPS) is 13.1. The number of phosphoric acid groups is 1. The van der Waals surface area contributed by atoms with Crippen molar-refractivity contribution in [1.82, 2.24) is 0 Å². The van der Waals surface area contributed by atoms with E-state index in [1.165, 1.54) is 0 Å². The molecule has 0 radical (unpaired) electrons. The lowest BCUT2D eigenvalue weighted by Crippen LogP contribution is -2.37. The van der Waals surface area contributed by atoms with Gasteiger partial charge in [-0.25, -0.2) is 4.57 Å². The van der Waals surface area contributed by atoms with Gasteiger partial charge in [0, 0.05) is 0 Å². The van der Waals surface area contributed by atoms with Gasteiger partial charge in [-0.15, -0.1) is 0 Å². The third-order valence-corrected chi connectivity index (χ3v) is 7.82. The van der Waals surface area contributed by atoms with Crippen LogP contribution in [0.4, 0.5) is 0 Å². The third-order valence-electron chi connectivity index (χ3n) is 6.86. The van der Waals surface area contributed by atoms with E-state index < -0.39 is 13.4 Å². The Labute approximate surface area is 230 Å². The summed E-state index contributed by atoms with van der Waals surface area (Å²) < 4.78 is 26.0. The Morgan fingerprint density at radius 2 is 0.974 bits per heavy atom. The molecule has 1 atom stereocenters. The summed E-state index contributed by atoms with van der Waals surface area (Å²) in [5.74, 6) is -0.0132. The molecule has 5 rings (SSSR count). The molecule has 4 nitrogen and oxygen atoms in total. The molecule has 0 aliphatic rings. The van der Waals surface area contributed by atoms with Crippen molar-refractivity contribution >= 4 is 7.82 Å². The summed E-state index contributed by atoms with van der Waals surface area (Å²) >= 11 is 0. The molecule has 0 aliphatic heterocycles. The highest BCUT2D eigenvalue weighted by atomic mass is 31.2. The maximum Gasteiger partial charge on any atom is 0.528 e. The molecule has 0 saturated carbocycles. The molecule has 196 valence electrons. The molecule has 5 aromatic carbocycles. The zero-order valence-corrected chi connectivity index (χ0v) is 22.9. The zero-order chi connectivity index (χ0) is 27.3. The van der Waals surface area contributed by atoms with Gasteiger partial charge < -0.3 is 4.52 Å². The highest BCUT2D eigenvalue weighted by molar-refractivity contribution is 7.47. The van der Waals surface area contributed by atoms with Gasteiger partial charge in [-0.1, -0.05) is 141 Å². The van der Waals surface area contributed by atoms with E-state index in [1.807, 2.05) is 129 Å². The number of phosphoric ester groups is 1. The quantitative estimate of drug-likeness (QED) is 0.192. The summed E-state index contributed by atoms with van der Waals surface area (Å²) in [6.07, 6.45) is 0. The van der Waals surface area contributed by atoms with Crippen LogP contribution in [0.25, 0.3) is 22.3 Å². The second kappa shape index (κ2) is 11.4. The van der Waals surface area contributed by atoms with Crippen molar-refractivity contribution in [2.45, 2.75) is 19.4 Å². The van der Waals surface area contributed by atoms with Crippen LogP contribution in [-0.2, 0) is 14.7 Å². The first-order valence-electron chi connectivity index (χ1n) is 13.0. The first kappa shape index (κ1) is 26.6. The summed E-state index contributed by atoms with van der Waals surface area (Å²) in [6, 6.07) is 44.4. The second-order valence-corrected chi connectivity index (χ2v) is 11.0. The maximum absolute atomic E-state index is 13.9. The molecule has 39 heavy (non-hydrogen) atoms. The standard InChI is InChI=1S/C34H31O4P/c1-26(2)34(38-39(35,36)37-29-20-10-5-11-21-29,32-24-14-12-22-30(32)27-16-6-3-7-17-27)33-25-15-13-23-31(33)28-18-8-4-9-19-28/h3-26H,1-2H3,(H,35,36). The van der Waals surface area contributed by atoms with Gasteiger partial charge >= 0.3 is 7.82 Å². The summed E-state index contributed by atoms with van der Waals surface area (Å²) in [5, 5.41) is 0. The van der Waals surface area contributed by atoms with Crippen molar-refractivity contribution in [2.75, 3.05) is 0 Å². The van der Waals surface area contributed by atoms with E-state index in [1.54, 1.807) is 24.3 Å². The van der Waals surface area contributed by atoms with E-state index in [0.29, 0.717) is 0 Å². The molecule has 0 heterocycles. The van der Waals surface area contributed by atoms with Crippen LogP contribution in [0, 0.1) is 5.92 Å². The van der Waals surface area contributed by atoms with E-state index in [9.17, 15) is 9.46 Å². The minimum Gasteiger partial charge on any atom is -0.404 e. The van der Waals surface area contributed by atoms with Crippen molar-refractivity contribution in [1.29, 1.82) is 0 Å².